The molecule has 10 heteroatoms. The van der Waals surface area contributed by atoms with Gasteiger partial charge in [-0.3, -0.25) is 14.1 Å². The molecule has 0 aromatic rings. The van der Waals surface area contributed by atoms with Crippen molar-refractivity contribution in [3.63, 3.8) is 0 Å². The molecule has 0 aliphatic carbocycles. The number of hydrogen-bond donors (Lipinski definition) is 3. The third kappa shape index (κ3) is 41.5. The number of aliphatic hydroxyl groups is 1. The monoisotopic (exact) mass is 760 g/mol. The maximum atomic E-state index is 12.4. The Hall–Kier alpha value is -3.07. The molecule has 0 rings (SSSR count). The molecule has 0 heterocycles. The third-order valence-corrected chi connectivity index (χ3v) is 8.13. The van der Waals surface area contributed by atoms with E-state index < -0.39 is 32.5 Å². The smallest absolute Gasteiger partial charge is 0.462 e. The van der Waals surface area contributed by atoms with E-state index in [2.05, 4.69) is 96.5 Å². The van der Waals surface area contributed by atoms with Crippen molar-refractivity contribution in [3.8, 4) is 0 Å². The fourth-order valence-corrected chi connectivity index (χ4v) is 5.11. The van der Waals surface area contributed by atoms with Gasteiger partial charge in [0.15, 0.2) is 6.10 Å². The van der Waals surface area contributed by atoms with E-state index in [-0.39, 0.29) is 26.1 Å². The van der Waals surface area contributed by atoms with Crippen LogP contribution in [0.4, 0.5) is 0 Å². The van der Waals surface area contributed by atoms with Gasteiger partial charge in [-0.05, 0) is 96.3 Å². The predicted octanol–water partition coefficient (Wildman–Crippen LogP) is 10.8. The number of phosphoric acid groups is 1. The minimum Gasteiger partial charge on any atom is -0.462 e. The van der Waals surface area contributed by atoms with Gasteiger partial charge in [0.25, 0.3) is 0 Å². The van der Waals surface area contributed by atoms with Gasteiger partial charge >= 0.3 is 19.8 Å². The molecule has 9 nitrogen and oxygen atoms in total. The molecular formula is C43H69O9P. The Balaban J connectivity index is 4.12. The van der Waals surface area contributed by atoms with Crippen LogP contribution in [0.5, 0.6) is 0 Å². The van der Waals surface area contributed by atoms with E-state index in [0.717, 1.165) is 96.3 Å². The van der Waals surface area contributed by atoms with Crippen molar-refractivity contribution in [2.45, 2.75) is 141 Å². The fraction of sp³-hybridized carbons (Fsp3) is 0.581. The maximum absolute atomic E-state index is 12.4. The van der Waals surface area contributed by atoms with Gasteiger partial charge in [0.05, 0.1) is 6.61 Å². The second-order valence-electron chi connectivity index (χ2n) is 12.6. The predicted molar refractivity (Wildman–Crippen MR) is 217 cm³/mol. The summed E-state index contributed by atoms with van der Waals surface area (Å²) in [4.78, 5) is 42.7. The molecule has 0 radical (unpaired) electrons. The lowest BCUT2D eigenvalue weighted by Crippen LogP contribution is -2.29. The van der Waals surface area contributed by atoms with Crippen LogP contribution in [0.2, 0.25) is 0 Å². The second-order valence-corrected chi connectivity index (χ2v) is 13.8. The topological polar surface area (TPSA) is 140 Å². The van der Waals surface area contributed by atoms with Crippen molar-refractivity contribution < 1.29 is 43.0 Å². The molecule has 0 bridgehead atoms. The first-order valence-electron chi connectivity index (χ1n) is 19.6. The lowest BCUT2D eigenvalue weighted by atomic mass is 10.1. The average Bonchev–Trinajstić information content (AvgIpc) is 3.13. The van der Waals surface area contributed by atoms with Crippen molar-refractivity contribution in [3.05, 3.63) is 97.2 Å². The number of allylic oxidation sites excluding steroid dienone is 16. The Kier molecular flexibility index (Phi) is 36.4. The van der Waals surface area contributed by atoms with Crippen LogP contribution in [0.25, 0.3) is 0 Å². The van der Waals surface area contributed by atoms with Crippen LogP contribution in [-0.4, -0.2) is 52.8 Å². The average molecular weight is 761 g/mol. The maximum Gasteiger partial charge on any atom is 0.469 e. The van der Waals surface area contributed by atoms with E-state index >= 15 is 0 Å². The highest BCUT2D eigenvalue weighted by Gasteiger charge is 2.22. The van der Waals surface area contributed by atoms with Gasteiger partial charge in [0.2, 0.25) is 0 Å². The summed E-state index contributed by atoms with van der Waals surface area (Å²) >= 11 is 0. The molecule has 53 heavy (non-hydrogen) atoms. The van der Waals surface area contributed by atoms with Gasteiger partial charge < -0.3 is 24.4 Å². The molecule has 0 spiro atoms. The number of ether oxygens (including phenoxy) is 2. The molecular weight excluding hydrogens is 691 g/mol. The molecule has 0 aromatic carbocycles. The molecule has 1 atom stereocenters. The number of phosphoric ester groups is 1. The highest BCUT2D eigenvalue weighted by molar-refractivity contribution is 7.46. The van der Waals surface area contributed by atoms with Crippen LogP contribution < -0.4 is 0 Å². The molecule has 0 aliphatic rings. The Bertz CT molecular complexity index is 1170. The van der Waals surface area contributed by atoms with Crippen molar-refractivity contribution in [1.82, 2.24) is 0 Å². The van der Waals surface area contributed by atoms with Gasteiger partial charge in [-0.15, -0.1) is 0 Å². The molecule has 0 unspecified atom stereocenters. The van der Waals surface area contributed by atoms with Crippen LogP contribution in [0.15, 0.2) is 97.2 Å². The first kappa shape index (κ1) is 49.9. The van der Waals surface area contributed by atoms with Crippen molar-refractivity contribution in [2.75, 3.05) is 19.8 Å². The molecule has 0 saturated carbocycles. The van der Waals surface area contributed by atoms with Gasteiger partial charge in [0.1, 0.15) is 6.61 Å². The number of esters is 2. The molecule has 300 valence electrons. The number of carbonyl (C=O) groups excluding carboxylic acids is 2. The summed E-state index contributed by atoms with van der Waals surface area (Å²) in [6.07, 6.45) is 50.0. The second kappa shape index (κ2) is 38.6. The zero-order chi connectivity index (χ0) is 38.9. The lowest BCUT2D eigenvalue weighted by Gasteiger charge is -2.18. The van der Waals surface area contributed by atoms with Gasteiger partial charge in [-0.25, -0.2) is 4.57 Å². The molecule has 0 fully saturated rings. The highest BCUT2D eigenvalue weighted by Crippen LogP contribution is 2.35. The number of aliphatic hydroxyl groups excluding tert-OH is 1. The van der Waals surface area contributed by atoms with Gasteiger partial charge in [-0.2, -0.15) is 0 Å². The Labute approximate surface area is 320 Å². The van der Waals surface area contributed by atoms with Crippen LogP contribution >= 0.6 is 7.82 Å². The van der Waals surface area contributed by atoms with E-state index in [0.29, 0.717) is 19.3 Å². The number of unbranched alkanes of at least 4 members (excludes halogenated alkanes) is 8. The van der Waals surface area contributed by atoms with E-state index in [1.807, 2.05) is 12.2 Å². The summed E-state index contributed by atoms with van der Waals surface area (Å²) in [6, 6.07) is 0. The van der Waals surface area contributed by atoms with E-state index in [1.165, 1.54) is 0 Å². The number of carbonyl (C=O) groups is 2. The van der Waals surface area contributed by atoms with E-state index in [9.17, 15) is 14.2 Å². The van der Waals surface area contributed by atoms with Gasteiger partial charge in [0, 0.05) is 19.4 Å². The Morgan fingerprint density at radius 3 is 1.42 bits per heavy atom. The van der Waals surface area contributed by atoms with Crippen LogP contribution in [0.3, 0.4) is 0 Å². The van der Waals surface area contributed by atoms with Crippen LogP contribution in [-0.2, 0) is 28.2 Å². The Morgan fingerprint density at radius 1 is 0.528 bits per heavy atom. The first-order valence-corrected chi connectivity index (χ1v) is 21.2. The summed E-state index contributed by atoms with van der Waals surface area (Å²) in [6.45, 7) is 1.49. The SMILES string of the molecule is CC/C=C\C/C=C\C/C=C\C/C=C\CCCCCCC(=O)OC[C@H](COP(=O)(O)O)OC(=O)CCC/C=C\C/C=C\C/C=C\C/C=C\CCCCCO. The molecule has 0 amide bonds. The molecule has 0 aliphatic heterocycles. The minimum absolute atomic E-state index is 0.114. The van der Waals surface area contributed by atoms with Gasteiger partial charge in [-0.1, -0.05) is 123 Å². The van der Waals surface area contributed by atoms with Crippen LogP contribution in [0.1, 0.15) is 135 Å². The first-order chi connectivity index (χ1) is 25.8. The van der Waals surface area contributed by atoms with Crippen molar-refractivity contribution in [1.29, 1.82) is 0 Å². The van der Waals surface area contributed by atoms with Crippen LogP contribution in [0, 0.1) is 0 Å². The zero-order valence-electron chi connectivity index (χ0n) is 32.3. The normalized spacial score (nSPS) is 13.5. The summed E-state index contributed by atoms with van der Waals surface area (Å²) in [5.41, 5.74) is 0. The van der Waals surface area contributed by atoms with E-state index in [4.69, 9.17) is 24.4 Å². The number of hydrogen-bond acceptors (Lipinski definition) is 7. The molecule has 3 N–H and O–H groups in total. The Morgan fingerprint density at radius 2 is 0.943 bits per heavy atom. The minimum atomic E-state index is -4.79. The molecule has 0 saturated heterocycles. The third-order valence-electron chi connectivity index (χ3n) is 7.64. The summed E-state index contributed by atoms with van der Waals surface area (Å²) < 4.78 is 26.3. The van der Waals surface area contributed by atoms with Crippen molar-refractivity contribution in [2.24, 2.45) is 0 Å². The standard InChI is InChI=1S/C43H69O9P/c1-2-3-4-5-6-7-8-9-10-12-15-18-21-24-27-30-33-36-42(45)50-39-41(40-51-53(47,48)49)52-43(46)37-34-31-28-25-22-19-16-13-11-14-17-20-23-26-29-32-35-38-44/h3-4,6-7,9-11,14-16,18-20,23,25,28,41,44H,2,5,8,12-13,17,21-22,24,26-27,29-40H2,1H3,(H2,47,48,49)/b4-3-,7-6-,10-9-,14-11-,18-15-,19-16-,23-20-,28-25-/t41-/m1/s1. The van der Waals surface area contributed by atoms with Crippen molar-refractivity contribution >= 4 is 19.8 Å². The fourth-order valence-electron chi connectivity index (χ4n) is 4.75. The lowest BCUT2D eigenvalue weighted by molar-refractivity contribution is -0.161. The summed E-state index contributed by atoms with van der Waals surface area (Å²) in [7, 11) is -4.79. The molecule has 0 aromatic heterocycles. The summed E-state index contributed by atoms with van der Waals surface area (Å²) in [5, 5.41) is 8.77. The quantitative estimate of drug-likeness (QED) is 0.0249. The highest BCUT2D eigenvalue weighted by atomic mass is 31.2. The zero-order valence-corrected chi connectivity index (χ0v) is 33.2. The largest absolute Gasteiger partial charge is 0.469 e. The van der Waals surface area contributed by atoms with E-state index in [1.54, 1.807) is 0 Å². The number of rotatable bonds is 35. The summed E-state index contributed by atoms with van der Waals surface area (Å²) in [5.74, 6) is -1.00.